The molecule has 1 atom stereocenters. The van der Waals surface area contributed by atoms with Crippen LogP contribution in [0.3, 0.4) is 0 Å². The van der Waals surface area contributed by atoms with Crippen molar-refractivity contribution in [3.05, 3.63) is 75.8 Å². The number of hydrogen-bond donors (Lipinski definition) is 1. The van der Waals surface area contributed by atoms with Crippen LogP contribution in [0.4, 0.5) is 8.78 Å². The molecular weight excluding hydrogens is 376 g/mol. The highest BCUT2D eigenvalue weighted by Crippen LogP contribution is 2.34. The Morgan fingerprint density at radius 2 is 1.97 bits per heavy atom. The predicted octanol–water partition coefficient (Wildman–Crippen LogP) is 3.82. The first kappa shape index (κ1) is 19.2. The van der Waals surface area contributed by atoms with Crippen molar-refractivity contribution in [2.75, 3.05) is 0 Å². The Morgan fingerprint density at radius 1 is 1.21 bits per heavy atom. The third-order valence-corrected chi connectivity index (χ3v) is 5.19. The number of para-hydroxylation sites is 1. The average molecular weight is 397 g/mol. The van der Waals surface area contributed by atoms with Gasteiger partial charge < -0.3 is 5.32 Å². The summed E-state index contributed by atoms with van der Waals surface area (Å²) in [5, 5.41) is 3.37. The van der Waals surface area contributed by atoms with E-state index in [0.29, 0.717) is 28.7 Å². The molecule has 150 valence electrons. The largest absolute Gasteiger partial charge is 0.350 e. The zero-order valence-corrected chi connectivity index (χ0v) is 16.0. The van der Waals surface area contributed by atoms with Gasteiger partial charge in [0, 0.05) is 18.9 Å². The van der Waals surface area contributed by atoms with Gasteiger partial charge >= 0.3 is 0 Å². The van der Waals surface area contributed by atoms with Gasteiger partial charge in [-0.25, -0.2) is 13.8 Å². The van der Waals surface area contributed by atoms with Gasteiger partial charge in [0.2, 0.25) is 5.91 Å². The zero-order chi connectivity index (χ0) is 20.5. The molecule has 2 aromatic carbocycles. The lowest BCUT2D eigenvalue weighted by Gasteiger charge is -2.16. The lowest BCUT2D eigenvalue weighted by atomic mass is 10.1. The van der Waals surface area contributed by atoms with Crippen LogP contribution in [0.25, 0.3) is 10.9 Å². The van der Waals surface area contributed by atoms with Gasteiger partial charge in [-0.05, 0) is 49.6 Å². The average Bonchev–Trinajstić information content (AvgIpc) is 3.53. The summed E-state index contributed by atoms with van der Waals surface area (Å²) in [4.78, 5) is 29.9. The zero-order valence-electron chi connectivity index (χ0n) is 16.0. The van der Waals surface area contributed by atoms with E-state index in [-0.39, 0.29) is 23.9 Å². The molecule has 1 N–H and O–H groups in total. The number of amides is 1. The van der Waals surface area contributed by atoms with Gasteiger partial charge in [0.25, 0.3) is 5.56 Å². The Hall–Kier alpha value is -3.09. The molecule has 1 unspecified atom stereocenters. The SMILES string of the molecule is CC(NC(=O)CCc1nc2ccccc2c(=O)n1C1CC1)c1ccc(F)c(F)c1. The van der Waals surface area contributed by atoms with Crippen molar-refractivity contribution in [2.24, 2.45) is 0 Å². The van der Waals surface area contributed by atoms with E-state index in [9.17, 15) is 18.4 Å². The molecule has 3 aromatic rings. The normalized spacial score (nSPS) is 14.7. The molecule has 5 nitrogen and oxygen atoms in total. The van der Waals surface area contributed by atoms with Crippen molar-refractivity contribution >= 4 is 16.8 Å². The van der Waals surface area contributed by atoms with Gasteiger partial charge in [-0.1, -0.05) is 18.2 Å². The van der Waals surface area contributed by atoms with Gasteiger partial charge in [0.1, 0.15) is 5.82 Å². The minimum Gasteiger partial charge on any atom is -0.350 e. The first-order valence-electron chi connectivity index (χ1n) is 9.68. The lowest BCUT2D eigenvalue weighted by molar-refractivity contribution is -0.121. The molecule has 1 fully saturated rings. The molecule has 1 amide bonds. The predicted molar refractivity (Wildman–Crippen MR) is 106 cm³/mol. The number of carbonyl (C=O) groups excluding carboxylic acids is 1. The number of fused-ring (bicyclic) bond motifs is 1. The monoisotopic (exact) mass is 397 g/mol. The number of hydrogen-bond acceptors (Lipinski definition) is 3. The molecule has 7 heteroatoms. The summed E-state index contributed by atoms with van der Waals surface area (Å²) in [5.74, 6) is -1.51. The maximum Gasteiger partial charge on any atom is 0.261 e. The first-order valence-corrected chi connectivity index (χ1v) is 9.68. The summed E-state index contributed by atoms with van der Waals surface area (Å²) in [6.45, 7) is 1.71. The maximum atomic E-state index is 13.4. The Balaban J connectivity index is 1.49. The van der Waals surface area contributed by atoms with Gasteiger partial charge in [0.15, 0.2) is 11.6 Å². The maximum absolute atomic E-state index is 13.4. The fraction of sp³-hybridized carbons (Fsp3) is 0.318. The van der Waals surface area contributed by atoms with E-state index in [2.05, 4.69) is 10.3 Å². The van der Waals surface area contributed by atoms with E-state index in [1.54, 1.807) is 23.6 Å². The number of nitrogens with zero attached hydrogens (tertiary/aromatic N) is 2. The van der Waals surface area contributed by atoms with Gasteiger partial charge in [-0.15, -0.1) is 0 Å². The van der Waals surface area contributed by atoms with Crippen LogP contribution in [0.1, 0.15) is 49.7 Å². The van der Waals surface area contributed by atoms with Crippen LogP contribution in [0.2, 0.25) is 0 Å². The quantitative estimate of drug-likeness (QED) is 0.688. The van der Waals surface area contributed by atoms with Crippen LogP contribution < -0.4 is 10.9 Å². The number of aryl methyl sites for hydroxylation is 1. The van der Waals surface area contributed by atoms with Crippen molar-refractivity contribution in [2.45, 2.75) is 44.7 Å². The second kappa shape index (κ2) is 7.73. The minimum absolute atomic E-state index is 0.0661. The van der Waals surface area contributed by atoms with Crippen LogP contribution >= 0.6 is 0 Å². The third-order valence-electron chi connectivity index (χ3n) is 5.19. The topological polar surface area (TPSA) is 64.0 Å². The second-order valence-electron chi connectivity index (χ2n) is 7.41. The molecule has 0 aliphatic heterocycles. The highest BCUT2D eigenvalue weighted by Gasteiger charge is 2.28. The summed E-state index contributed by atoms with van der Waals surface area (Å²) >= 11 is 0. The number of benzene rings is 2. The number of rotatable bonds is 6. The number of halogens is 2. The molecule has 0 saturated heterocycles. The van der Waals surface area contributed by atoms with Crippen molar-refractivity contribution in [1.29, 1.82) is 0 Å². The second-order valence-corrected chi connectivity index (χ2v) is 7.41. The van der Waals surface area contributed by atoms with Crippen LogP contribution in [-0.2, 0) is 11.2 Å². The van der Waals surface area contributed by atoms with Gasteiger partial charge in [-0.2, -0.15) is 0 Å². The van der Waals surface area contributed by atoms with Crippen molar-refractivity contribution < 1.29 is 13.6 Å². The molecule has 1 aliphatic rings. The van der Waals surface area contributed by atoms with Crippen LogP contribution in [-0.4, -0.2) is 15.5 Å². The van der Waals surface area contributed by atoms with E-state index in [4.69, 9.17) is 0 Å². The standard InChI is InChI=1S/C22H21F2N3O2/c1-13(14-6-9-17(23)18(24)12-14)25-21(28)11-10-20-26-19-5-3-2-4-16(19)22(29)27(20)15-7-8-15/h2-6,9,12-13,15H,7-8,10-11H2,1H3,(H,25,28). The fourth-order valence-corrected chi connectivity index (χ4v) is 3.48. The van der Waals surface area contributed by atoms with Gasteiger partial charge in [-0.3, -0.25) is 14.2 Å². The highest BCUT2D eigenvalue weighted by atomic mass is 19.2. The van der Waals surface area contributed by atoms with Crippen molar-refractivity contribution in [1.82, 2.24) is 14.9 Å². The minimum atomic E-state index is -0.947. The molecular formula is C22H21F2N3O2. The Labute approximate surface area is 166 Å². The molecule has 0 spiro atoms. The summed E-state index contributed by atoms with van der Waals surface area (Å²) in [5.41, 5.74) is 1.04. The molecule has 29 heavy (non-hydrogen) atoms. The van der Waals surface area contributed by atoms with E-state index in [1.807, 2.05) is 12.1 Å². The van der Waals surface area contributed by atoms with E-state index >= 15 is 0 Å². The Morgan fingerprint density at radius 3 is 2.69 bits per heavy atom. The fourth-order valence-electron chi connectivity index (χ4n) is 3.48. The van der Waals surface area contributed by atoms with Crippen LogP contribution in [0, 0.1) is 11.6 Å². The van der Waals surface area contributed by atoms with Crippen molar-refractivity contribution in [3.63, 3.8) is 0 Å². The Bertz CT molecular complexity index is 1140. The molecule has 1 aliphatic carbocycles. The van der Waals surface area contributed by atoms with Crippen LogP contribution in [0.5, 0.6) is 0 Å². The first-order chi connectivity index (χ1) is 13.9. The molecule has 1 aromatic heterocycles. The summed E-state index contributed by atoms with van der Waals surface area (Å²) in [7, 11) is 0. The number of nitrogens with one attached hydrogen (secondary N) is 1. The molecule has 4 rings (SSSR count). The number of aromatic nitrogens is 2. The smallest absolute Gasteiger partial charge is 0.261 e. The summed E-state index contributed by atoms with van der Waals surface area (Å²) in [6.07, 6.45) is 2.34. The van der Waals surface area contributed by atoms with E-state index in [0.717, 1.165) is 25.0 Å². The molecule has 0 radical (unpaired) electrons. The molecule has 0 bridgehead atoms. The third kappa shape index (κ3) is 4.04. The van der Waals surface area contributed by atoms with Crippen molar-refractivity contribution in [3.8, 4) is 0 Å². The summed E-state index contributed by atoms with van der Waals surface area (Å²) in [6, 6.07) is 10.5. The van der Waals surface area contributed by atoms with Gasteiger partial charge in [0.05, 0.1) is 16.9 Å². The molecule has 1 heterocycles. The van der Waals surface area contributed by atoms with E-state index in [1.165, 1.54) is 6.07 Å². The lowest BCUT2D eigenvalue weighted by Crippen LogP contribution is -2.29. The molecule has 1 saturated carbocycles. The van der Waals surface area contributed by atoms with E-state index < -0.39 is 17.7 Å². The number of carbonyl (C=O) groups is 1. The summed E-state index contributed by atoms with van der Waals surface area (Å²) < 4.78 is 28.2. The van der Waals surface area contributed by atoms with Crippen LogP contribution in [0.15, 0.2) is 47.3 Å². The Kier molecular flexibility index (Phi) is 5.13. The highest BCUT2D eigenvalue weighted by molar-refractivity contribution is 5.78.